The number of nitrogens with one attached hydrogen (secondary N) is 2. The number of anilines is 1. The minimum atomic E-state index is -4.70. The first-order valence-corrected chi connectivity index (χ1v) is 13.3. The summed E-state index contributed by atoms with van der Waals surface area (Å²) >= 11 is 6.57. The Bertz CT molecular complexity index is 1380. The molecular weight excluding hydrogens is 557 g/mol. The second-order valence-corrected chi connectivity index (χ2v) is 10.7. The molecular formula is C25H24ClF3N6O3S. The lowest BCUT2D eigenvalue weighted by atomic mass is 9.91. The Morgan fingerprint density at radius 1 is 1.08 bits per heavy atom. The largest absolute Gasteiger partial charge is 0.418 e. The number of amides is 1. The number of halogens is 4. The number of carbonyl (C=O) groups is 3. The lowest BCUT2D eigenvalue weighted by molar-refractivity contribution is -0.137. The molecule has 0 aliphatic carbocycles. The van der Waals surface area contributed by atoms with Crippen LogP contribution in [-0.2, 0) is 6.18 Å². The van der Waals surface area contributed by atoms with Crippen LogP contribution in [0.4, 0.5) is 19.0 Å². The first-order chi connectivity index (χ1) is 18.5. The molecule has 0 spiro atoms. The number of hydrogen-bond donors (Lipinski definition) is 2. The molecule has 39 heavy (non-hydrogen) atoms. The van der Waals surface area contributed by atoms with Crippen LogP contribution in [0, 0.1) is 5.92 Å². The maximum atomic E-state index is 13.1. The highest BCUT2D eigenvalue weighted by Gasteiger charge is 2.34. The fourth-order valence-corrected chi connectivity index (χ4v) is 5.18. The molecule has 0 unspecified atom stereocenters. The van der Waals surface area contributed by atoms with Crippen molar-refractivity contribution in [1.82, 2.24) is 25.3 Å². The smallest absolute Gasteiger partial charge is 0.317 e. The van der Waals surface area contributed by atoms with Crippen molar-refractivity contribution in [2.75, 3.05) is 18.4 Å². The fraction of sp³-hybridized carbons (Fsp3) is 0.400. The minimum Gasteiger partial charge on any atom is -0.317 e. The van der Waals surface area contributed by atoms with Crippen molar-refractivity contribution in [3.8, 4) is 0 Å². The molecule has 1 saturated heterocycles. The summed E-state index contributed by atoms with van der Waals surface area (Å²) in [7, 11) is 0. The number of rotatable bonds is 9. The summed E-state index contributed by atoms with van der Waals surface area (Å²) in [6, 6.07) is 2.06. The molecule has 206 valence electrons. The average molecular weight is 581 g/mol. The van der Waals surface area contributed by atoms with Gasteiger partial charge in [0.25, 0.3) is 5.91 Å². The summed E-state index contributed by atoms with van der Waals surface area (Å²) < 4.78 is 39.2. The minimum absolute atomic E-state index is 0.0151. The van der Waals surface area contributed by atoms with E-state index in [1.165, 1.54) is 18.6 Å². The molecule has 4 heterocycles. The topological polar surface area (TPSA) is 127 Å². The zero-order valence-corrected chi connectivity index (χ0v) is 22.3. The van der Waals surface area contributed by atoms with E-state index in [1.807, 2.05) is 0 Å². The predicted octanol–water partition coefficient (Wildman–Crippen LogP) is 5.20. The van der Waals surface area contributed by atoms with Crippen LogP contribution in [0.2, 0.25) is 5.02 Å². The molecule has 14 heteroatoms. The number of nitrogens with zero attached hydrogens (tertiary/aromatic N) is 4. The average Bonchev–Trinajstić information content (AvgIpc) is 3.41. The van der Waals surface area contributed by atoms with Gasteiger partial charge in [0, 0.05) is 25.0 Å². The van der Waals surface area contributed by atoms with Gasteiger partial charge >= 0.3 is 6.18 Å². The van der Waals surface area contributed by atoms with Crippen LogP contribution in [0.15, 0.2) is 30.9 Å². The van der Waals surface area contributed by atoms with Crippen molar-refractivity contribution in [2.24, 2.45) is 5.92 Å². The molecule has 0 saturated carbocycles. The molecule has 4 rings (SSSR count). The molecule has 0 aromatic carbocycles. The van der Waals surface area contributed by atoms with E-state index in [0.717, 1.165) is 43.5 Å². The number of hydrogen-bond acceptors (Lipinski definition) is 9. The zero-order valence-electron chi connectivity index (χ0n) is 20.7. The Morgan fingerprint density at radius 3 is 2.46 bits per heavy atom. The maximum absolute atomic E-state index is 13.1. The molecule has 1 aliphatic rings. The molecule has 0 bridgehead atoms. The number of Topliss-reactive ketones (excluding diaryl/α,β-unsaturated/α-hetero) is 2. The van der Waals surface area contributed by atoms with Crippen molar-refractivity contribution in [2.45, 2.75) is 44.7 Å². The van der Waals surface area contributed by atoms with E-state index >= 15 is 0 Å². The summed E-state index contributed by atoms with van der Waals surface area (Å²) in [5.41, 5.74) is -0.793. The van der Waals surface area contributed by atoms with Gasteiger partial charge in [0.1, 0.15) is 28.4 Å². The van der Waals surface area contributed by atoms with Crippen molar-refractivity contribution in [3.05, 3.63) is 62.7 Å². The van der Waals surface area contributed by atoms with E-state index < -0.39 is 28.6 Å². The Kier molecular flexibility index (Phi) is 9.03. The van der Waals surface area contributed by atoms with E-state index in [4.69, 9.17) is 11.6 Å². The number of piperidine rings is 1. The molecule has 9 nitrogen and oxygen atoms in total. The van der Waals surface area contributed by atoms with E-state index in [9.17, 15) is 27.6 Å². The summed E-state index contributed by atoms with van der Waals surface area (Å²) in [6.07, 6.45) is 0.803. The van der Waals surface area contributed by atoms with Gasteiger partial charge in [-0.25, -0.2) is 19.9 Å². The monoisotopic (exact) mass is 580 g/mol. The normalized spacial score (nSPS) is 15.1. The third-order valence-electron chi connectivity index (χ3n) is 6.23. The van der Waals surface area contributed by atoms with Crippen LogP contribution >= 0.6 is 22.9 Å². The van der Waals surface area contributed by atoms with E-state index in [2.05, 4.69) is 30.6 Å². The number of ketones is 2. The Hall–Kier alpha value is -3.29. The van der Waals surface area contributed by atoms with Crippen LogP contribution in [-0.4, -0.2) is 50.5 Å². The van der Waals surface area contributed by atoms with Gasteiger partial charge in [0.05, 0.1) is 21.8 Å². The second kappa shape index (κ2) is 12.3. The molecule has 0 radical (unpaired) electrons. The lowest BCUT2D eigenvalue weighted by Crippen LogP contribution is -2.29. The van der Waals surface area contributed by atoms with Crippen LogP contribution < -0.4 is 10.6 Å². The molecule has 2 N–H and O–H groups in total. The van der Waals surface area contributed by atoms with Crippen LogP contribution in [0.3, 0.4) is 0 Å². The van der Waals surface area contributed by atoms with Gasteiger partial charge in [0.15, 0.2) is 11.6 Å². The van der Waals surface area contributed by atoms with E-state index in [1.54, 1.807) is 6.92 Å². The molecule has 1 fully saturated rings. The van der Waals surface area contributed by atoms with E-state index in [-0.39, 0.29) is 46.0 Å². The van der Waals surface area contributed by atoms with Gasteiger partial charge < -0.3 is 10.6 Å². The summed E-state index contributed by atoms with van der Waals surface area (Å²) in [4.78, 5) is 54.3. The third kappa shape index (κ3) is 7.43. The van der Waals surface area contributed by atoms with Gasteiger partial charge in [-0.05, 0) is 44.0 Å². The third-order valence-corrected chi connectivity index (χ3v) is 7.76. The van der Waals surface area contributed by atoms with Crippen LogP contribution in [0.1, 0.15) is 79.7 Å². The molecule has 1 atom stereocenters. The quantitative estimate of drug-likeness (QED) is 0.331. The van der Waals surface area contributed by atoms with Gasteiger partial charge in [-0.1, -0.05) is 18.5 Å². The fourth-order valence-electron chi connectivity index (χ4n) is 4.11. The van der Waals surface area contributed by atoms with Crippen LogP contribution in [0.25, 0.3) is 0 Å². The highest BCUT2D eigenvalue weighted by molar-refractivity contribution is 7.13. The van der Waals surface area contributed by atoms with Crippen molar-refractivity contribution >= 4 is 46.2 Å². The lowest BCUT2D eigenvalue weighted by Gasteiger charge is -2.21. The van der Waals surface area contributed by atoms with Crippen molar-refractivity contribution in [1.29, 1.82) is 0 Å². The number of aromatic nitrogens is 4. The molecule has 1 aliphatic heterocycles. The Balaban J connectivity index is 1.37. The van der Waals surface area contributed by atoms with Crippen LogP contribution in [0.5, 0.6) is 0 Å². The van der Waals surface area contributed by atoms with Gasteiger partial charge in [0.2, 0.25) is 0 Å². The zero-order chi connectivity index (χ0) is 28.2. The van der Waals surface area contributed by atoms with Gasteiger partial charge in [-0.2, -0.15) is 13.2 Å². The Labute approximate surface area is 230 Å². The Morgan fingerprint density at radius 2 is 1.77 bits per heavy atom. The van der Waals surface area contributed by atoms with Crippen molar-refractivity contribution < 1.29 is 27.6 Å². The summed E-state index contributed by atoms with van der Waals surface area (Å²) in [5, 5.41) is 5.46. The highest BCUT2D eigenvalue weighted by Crippen LogP contribution is 2.35. The maximum Gasteiger partial charge on any atom is 0.418 e. The van der Waals surface area contributed by atoms with Gasteiger partial charge in [-0.15, -0.1) is 11.3 Å². The molecule has 3 aromatic heterocycles. The van der Waals surface area contributed by atoms with Crippen molar-refractivity contribution in [3.63, 3.8) is 0 Å². The number of alkyl halides is 3. The highest BCUT2D eigenvalue weighted by atomic mass is 35.5. The molecule has 3 aromatic rings. The number of carbonyl (C=O) groups excluding carboxylic acids is 3. The first kappa shape index (κ1) is 28.7. The summed E-state index contributed by atoms with van der Waals surface area (Å²) in [5.74, 6) is -1.56. The molecule has 1 amide bonds. The predicted molar refractivity (Wildman–Crippen MR) is 138 cm³/mol. The summed E-state index contributed by atoms with van der Waals surface area (Å²) in [6.45, 7) is 3.50. The standard InChI is InChI=1S/C25H24ClF3N6O3S/c1-13(6-19(36)17-9-18(34-12-33-17)20(37)7-14-2-4-30-5-3-14)24-32-11-21(39-24)23(38)35-22-8-15(25(27,28)29)16(26)10-31-22/h8-14,30H,2-7H2,1H3,(H,31,35,38)/t13-/m0/s1. The van der Waals surface area contributed by atoms with Gasteiger partial charge in [-0.3, -0.25) is 14.4 Å². The second-order valence-electron chi connectivity index (χ2n) is 9.20. The number of pyridine rings is 1. The SMILES string of the molecule is C[C@@H](CC(=O)c1cc(C(=O)CC2CCNCC2)ncn1)c1ncc(C(=O)Nc2cc(C(F)(F)F)c(Cl)cn2)s1. The number of thiazole rings is 1. The van der Waals surface area contributed by atoms with E-state index in [0.29, 0.717) is 17.5 Å². The first-order valence-electron chi connectivity index (χ1n) is 12.1.